The second-order valence-electron chi connectivity index (χ2n) is 2.70. The molecular formula is C11H11NO2. The van der Waals surface area contributed by atoms with Crippen LogP contribution >= 0.6 is 0 Å². The van der Waals surface area contributed by atoms with E-state index in [4.69, 9.17) is 5.73 Å². The van der Waals surface area contributed by atoms with Crippen LogP contribution in [0.2, 0.25) is 0 Å². The van der Waals surface area contributed by atoms with Crippen molar-refractivity contribution >= 4 is 6.29 Å². The van der Waals surface area contributed by atoms with Crippen LogP contribution < -0.4 is 5.73 Å². The number of carbonyl (C=O) groups excluding carboxylic acids is 1. The molecule has 3 N–H and O–H groups in total. The summed E-state index contributed by atoms with van der Waals surface area (Å²) in [4.78, 5) is 10.5. The SMILES string of the molecule is NCCC#Cc1cccc(C=O)c1O. The highest BCUT2D eigenvalue weighted by atomic mass is 16.3. The Morgan fingerprint density at radius 3 is 2.93 bits per heavy atom. The summed E-state index contributed by atoms with van der Waals surface area (Å²) in [6.07, 6.45) is 1.17. The molecule has 0 radical (unpaired) electrons. The largest absolute Gasteiger partial charge is 0.506 e. The third kappa shape index (κ3) is 2.35. The fraction of sp³-hybridized carbons (Fsp3) is 0.182. The fourth-order valence-electron chi connectivity index (χ4n) is 0.987. The molecule has 0 heterocycles. The maximum absolute atomic E-state index is 10.5. The zero-order valence-corrected chi connectivity index (χ0v) is 7.66. The van der Waals surface area contributed by atoms with Gasteiger partial charge in [-0.2, -0.15) is 0 Å². The summed E-state index contributed by atoms with van der Waals surface area (Å²) < 4.78 is 0. The standard InChI is InChI=1S/C11H11NO2/c12-7-2-1-4-9-5-3-6-10(8-13)11(9)14/h3,5-6,8,14H,2,7,12H2. The van der Waals surface area contributed by atoms with E-state index in [0.29, 0.717) is 24.8 Å². The first-order chi connectivity index (χ1) is 6.79. The van der Waals surface area contributed by atoms with Crippen molar-refractivity contribution in [1.29, 1.82) is 0 Å². The van der Waals surface area contributed by atoms with E-state index >= 15 is 0 Å². The lowest BCUT2D eigenvalue weighted by Gasteiger charge is -1.98. The van der Waals surface area contributed by atoms with Gasteiger partial charge in [-0.25, -0.2) is 0 Å². The molecule has 1 aromatic rings. The van der Waals surface area contributed by atoms with Crippen LogP contribution in [0.15, 0.2) is 18.2 Å². The highest BCUT2D eigenvalue weighted by Crippen LogP contribution is 2.19. The number of hydrogen-bond donors (Lipinski definition) is 2. The zero-order valence-electron chi connectivity index (χ0n) is 7.66. The van der Waals surface area contributed by atoms with Gasteiger partial charge in [0, 0.05) is 13.0 Å². The minimum atomic E-state index is -0.0629. The molecule has 0 aliphatic rings. The molecular weight excluding hydrogens is 178 g/mol. The van der Waals surface area contributed by atoms with Crippen LogP contribution in [0.25, 0.3) is 0 Å². The van der Waals surface area contributed by atoms with Crippen LogP contribution in [0.5, 0.6) is 5.75 Å². The van der Waals surface area contributed by atoms with E-state index < -0.39 is 0 Å². The summed E-state index contributed by atoms with van der Waals surface area (Å²) in [6, 6.07) is 4.87. The van der Waals surface area contributed by atoms with Crippen LogP contribution in [0.1, 0.15) is 22.3 Å². The second-order valence-corrected chi connectivity index (χ2v) is 2.70. The van der Waals surface area contributed by atoms with Crippen LogP contribution in [-0.4, -0.2) is 17.9 Å². The first kappa shape index (κ1) is 10.3. The van der Waals surface area contributed by atoms with Crippen LogP contribution in [0.3, 0.4) is 0 Å². The normalized spacial score (nSPS) is 8.93. The van der Waals surface area contributed by atoms with Gasteiger partial charge in [0.25, 0.3) is 0 Å². The number of aromatic hydroxyl groups is 1. The molecule has 14 heavy (non-hydrogen) atoms. The smallest absolute Gasteiger partial charge is 0.153 e. The first-order valence-corrected chi connectivity index (χ1v) is 4.25. The Labute approximate surface area is 82.6 Å². The van der Waals surface area contributed by atoms with Crippen molar-refractivity contribution < 1.29 is 9.90 Å². The summed E-state index contributed by atoms with van der Waals surface area (Å²) >= 11 is 0. The van der Waals surface area contributed by atoms with Gasteiger partial charge in [-0.15, -0.1) is 0 Å². The van der Waals surface area contributed by atoms with Gasteiger partial charge < -0.3 is 10.8 Å². The Bertz CT molecular complexity index is 388. The predicted molar refractivity (Wildman–Crippen MR) is 54.0 cm³/mol. The van der Waals surface area contributed by atoms with Gasteiger partial charge in [0.05, 0.1) is 11.1 Å². The van der Waals surface area contributed by atoms with Gasteiger partial charge >= 0.3 is 0 Å². The summed E-state index contributed by atoms with van der Waals surface area (Å²) in [6.45, 7) is 0.487. The molecule has 0 amide bonds. The molecule has 0 unspecified atom stereocenters. The molecule has 0 aliphatic heterocycles. The van der Waals surface area contributed by atoms with E-state index in [1.165, 1.54) is 6.07 Å². The summed E-state index contributed by atoms with van der Waals surface area (Å²) in [5.74, 6) is 5.48. The van der Waals surface area contributed by atoms with E-state index in [1.807, 2.05) is 0 Å². The number of rotatable bonds is 2. The van der Waals surface area contributed by atoms with Crippen molar-refractivity contribution in [2.24, 2.45) is 5.73 Å². The van der Waals surface area contributed by atoms with Crippen molar-refractivity contribution in [1.82, 2.24) is 0 Å². The van der Waals surface area contributed by atoms with Gasteiger partial charge in [-0.3, -0.25) is 4.79 Å². The minimum absolute atomic E-state index is 0.0629. The van der Waals surface area contributed by atoms with Gasteiger partial charge in [0.2, 0.25) is 0 Å². The molecule has 0 aliphatic carbocycles. The molecule has 0 bridgehead atoms. The molecule has 3 heteroatoms. The Hall–Kier alpha value is -1.79. The van der Waals surface area contributed by atoms with Crippen LogP contribution in [-0.2, 0) is 0 Å². The number of benzene rings is 1. The molecule has 0 fully saturated rings. The second kappa shape index (κ2) is 5.05. The Kier molecular flexibility index (Phi) is 3.71. The lowest BCUT2D eigenvalue weighted by Crippen LogP contribution is -1.95. The van der Waals surface area contributed by atoms with E-state index in [1.54, 1.807) is 12.1 Å². The number of para-hydroxylation sites is 1. The molecule has 1 aromatic carbocycles. The summed E-state index contributed by atoms with van der Waals surface area (Å²) in [5.41, 5.74) is 5.98. The van der Waals surface area contributed by atoms with E-state index in [9.17, 15) is 9.90 Å². The van der Waals surface area contributed by atoms with Gasteiger partial charge in [-0.1, -0.05) is 17.9 Å². The number of aldehydes is 1. The molecule has 0 atom stereocenters. The van der Waals surface area contributed by atoms with Crippen molar-refractivity contribution in [3.05, 3.63) is 29.3 Å². The van der Waals surface area contributed by atoms with Gasteiger partial charge in [0.15, 0.2) is 6.29 Å². The van der Waals surface area contributed by atoms with E-state index in [2.05, 4.69) is 11.8 Å². The summed E-state index contributed by atoms with van der Waals surface area (Å²) in [7, 11) is 0. The highest BCUT2D eigenvalue weighted by Gasteiger charge is 2.02. The maximum atomic E-state index is 10.5. The number of phenols is 1. The van der Waals surface area contributed by atoms with E-state index in [0.717, 1.165) is 0 Å². The first-order valence-electron chi connectivity index (χ1n) is 4.25. The molecule has 0 spiro atoms. The number of phenolic OH excluding ortho intramolecular Hbond substituents is 1. The fourth-order valence-corrected chi connectivity index (χ4v) is 0.987. The lowest BCUT2D eigenvalue weighted by molar-refractivity contribution is 0.112. The molecule has 1 rings (SSSR count). The Morgan fingerprint density at radius 1 is 1.50 bits per heavy atom. The molecule has 0 saturated carbocycles. The van der Waals surface area contributed by atoms with Crippen LogP contribution in [0, 0.1) is 11.8 Å². The third-order valence-corrected chi connectivity index (χ3v) is 1.69. The molecule has 0 saturated heterocycles. The van der Waals surface area contributed by atoms with E-state index in [-0.39, 0.29) is 11.3 Å². The highest BCUT2D eigenvalue weighted by molar-refractivity contribution is 5.80. The summed E-state index contributed by atoms with van der Waals surface area (Å²) in [5, 5.41) is 9.52. The maximum Gasteiger partial charge on any atom is 0.153 e. The number of hydrogen-bond acceptors (Lipinski definition) is 3. The quantitative estimate of drug-likeness (QED) is 0.536. The average Bonchev–Trinajstić information content (AvgIpc) is 2.21. The van der Waals surface area contributed by atoms with Crippen molar-refractivity contribution in [2.45, 2.75) is 6.42 Å². The van der Waals surface area contributed by atoms with Crippen molar-refractivity contribution in [3.8, 4) is 17.6 Å². The topological polar surface area (TPSA) is 63.3 Å². The monoisotopic (exact) mass is 189 g/mol. The van der Waals surface area contributed by atoms with Crippen LogP contribution in [0.4, 0.5) is 0 Å². The predicted octanol–water partition coefficient (Wildman–Crippen LogP) is 0.905. The van der Waals surface area contributed by atoms with Gasteiger partial charge in [0.1, 0.15) is 5.75 Å². The molecule has 0 aromatic heterocycles. The Balaban J connectivity index is 2.99. The number of nitrogens with two attached hydrogens (primary N) is 1. The van der Waals surface area contributed by atoms with Crippen molar-refractivity contribution in [3.63, 3.8) is 0 Å². The van der Waals surface area contributed by atoms with Gasteiger partial charge in [-0.05, 0) is 12.1 Å². The third-order valence-electron chi connectivity index (χ3n) is 1.69. The Morgan fingerprint density at radius 2 is 2.29 bits per heavy atom. The lowest BCUT2D eigenvalue weighted by atomic mass is 10.1. The number of carbonyl (C=O) groups is 1. The average molecular weight is 189 g/mol. The van der Waals surface area contributed by atoms with Crippen molar-refractivity contribution in [2.75, 3.05) is 6.54 Å². The molecule has 3 nitrogen and oxygen atoms in total. The molecule has 72 valence electrons. The zero-order chi connectivity index (χ0) is 10.4. The minimum Gasteiger partial charge on any atom is -0.506 e.